The predicted molar refractivity (Wildman–Crippen MR) is 115 cm³/mol. The molecular formula is C20H29FN3O5S+. The van der Waals surface area contributed by atoms with Gasteiger partial charge >= 0.3 is 5.69 Å². The molecule has 0 aromatic heterocycles. The van der Waals surface area contributed by atoms with Crippen LogP contribution in [0.25, 0.3) is 6.08 Å². The summed E-state index contributed by atoms with van der Waals surface area (Å²) in [4.78, 5) is 30.2. The van der Waals surface area contributed by atoms with Crippen molar-refractivity contribution < 1.29 is 29.2 Å². The molecule has 0 aliphatic rings. The highest BCUT2D eigenvalue weighted by atomic mass is 32.2. The topological polar surface area (TPSA) is 114 Å². The monoisotopic (exact) mass is 442 g/mol. The number of halogens is 1. The van der Waals surface area contributed by atoms with E-state index >= 15 is 0 Å². The van der Waals surface area contributed by atoms with Crippen molar-refractivity contribution in [3.05, 3.63) is 28.2 Å². The van der Waals surface area contributed by atoms with Crippen molar-refractivity contribution in [2.24, 2.45) is 0 Å². The third-order valence-corrected chi connectivity index (χ3v) is 4.76. The maximum Gasteiger partial charge on any atom is 0.362 e. The fourth-order valence-electron chi connectivity index (χ4n) is 2.26. The van der Waals surface area contributed by atoms with E-state index in [0.29, 0.717) is 31.0 Å². The lowest BCUT2D eigenvalue weighted by Gasteiger charge is -2.20. The molecule has 0 unspecified atom stereocenters. The van der Waals surface area contributed by atoms with E-state index in [4.69, 9.17) is 0 Å². The first-order chi connectivity index (χ1) is 14.4. The van der Waals surface area contributed by atoms with Crippen LogP contribution in [0, 0.1) is 16.2 Å². The molecule has 0 saturated carbocycles. The molecule has 2 N–H and O–H groups in total. The number of rotatable bonds is 11. The molecule has 1 aromatic rings. The highest BCUT2D eigenvalue weighted by Crippen LogP contribution is 2.37. The van der Waals surface area contributed by atoms with Gasteiger partial charge in [-0.25, -0.2) is 4.84 Å². The summed E-state index contributed by atoms with van der Waals surface area (Å²) < 4.78 is 12.1. The third-order valence-electron chi connectivity index (χ3n) is 3.71. The number of carbonyl (C=O) groups excluding carboxylic acids is 1. The number of aromatic hydroxyl groups is 2. The molecule has 1 amide bonds. The molecule has 0 aliphatic heterocycles. The summed E-state index contributed by atoms with van der Waals surface area (Å²) in [6.45, 7) is 6.18. The van der Waals surface area contributed by atoms with Crippen LogP contribution in [0.1, 0.15) is 32.8 Å². The van der Waals surface area contributed by atoms with E-state index in [0.717, 1.165) is 13.2 Å². The zero-order valence-electron chi connectivity index (χ0n) is 17.7. The van der Waals surface area contributed by atoms with E-state index < -0.39 is 17.4 Å². The Kier molecular flexibility index (Phi) is 13.7. The van der Waals surface area contributed by atoms with Gasteiger partial charge in [0, 0.05) is 24.9 Å². The summed E-state index contributed by atoms with van der Waals surface area (Å²) in [5.74, 6) is -0.510. The van der Waals surface area contributed by atoms with Gasteiger partial charge in [0.2, 0.25) is 5.75 Å². The van der Waals surface area contributed by atoms with Crippen molar-refractivity contribution >= 4 is 29.4 Å². The van der Waals surface area contributed by atoms with E-state index in [1.165, 1.54) is 28.8 Å². The Morgan fingerprint density at radius 2 is 2.03 bits per heavy atom. The van der Waals surface area contributed by atoms with Crippen LogP contribution in [0.15, 0.2) is 17.7 Å². The van der Waals surface area contributed by atoms with E-state index in [1.807, 2.05) is 19.9 Å². The van der Waals surface area contributed by atoms with Crippen molar-refractivity contribution in [3.8, 4) is 17.6 Å². The minimum Gasteiger partial charge on any atom is -0.504 e. The second kappa shape index (κ2) is 15.1. The maximum atomic E-state index is 12.6. The van der Waals surface area contributed by atoms with Crippen molar-refractivity contribution in [3.63, 3.8) is 0 Å². The van der Waals surface area contributed by atoms with Crippen molar-refractivity contribution in [2.75, 3.05) is 38.4 Å². The quantitative estimate of drug-likeness (QED) is 0.175. The molecule has 0 radical (unpaired) electrons. The largest absolute Gasteiger partial charge is 0.504 e. The summed E-state index contributed by atoms with van der Waals surface area (Å²) in [5.41, 5.74) is -0.391. The smallest absolute Gasteiger partial charge is 0.362 e. The minimum atomic E-state index is -0.681. The Morgan fingerprint density at radius 3 is 2.57 bits per heavy atom. The van der Waals surface area contributed by atoms with Crippen LogP contribution in [-0.2, 0) is 9.63 Å². The zero-order valence-corrected chi connectivity index (χ0v) is 18.5. The Labute approximate surface area is 180 Å². The zero-order chi connectivity index (χ0) is 23.1. The van der Waals surface area contributed by atoms with Gasteiger partial charge in [0.15, 0.2) is 12.9 Å². The number of phenolic OH excluding ortho intramolecular Hbond substituents is 2. The number of amides is 1. The molecule has 0 bridgehead atoms. The van der Waals surface area contributed by atoms with Gasteiger partial charge in [-0.15, -0.1) is 0 Å². The van der Waals surface area contributed by atoms with Crippen LogP contribution < -0.4 is 0 Å². The van der Waals surface area contributed by atoms with Gasteiger partial charge in [-0.2, -0.15) is 17.0 Å². The predicted octanol–water partition coefficient (Wildman–Crippen LogP) is 3.94. The van der Waals surface area contributed by atoms with E-state index in [1.54, 1.807) is 6.92 Å². The molecule has 0 fully saturated rings. The molecular weight excluding hydrogens is 413 g/mol. The first kappa shape index (κ1) is 27.2. The van der Waals surface area contributed by atoms with Crippen molar-refractivity contribution in [1.29, 1.82) is 5.26 Å². The highest BCUT2D eigenvalue weighted by molar-refractivity contribution is 7.99. The van der Waals surface area contributed by atoms with E-state index in [-0.39, 0.29) is 28.4 Å². The molecule has 0 saturated heterocycles. The van der Waals surface area contributed by atoms with Gasteiger partial charge in [-0.1, -0.05) is 13.8 Å². The summed E-state index contributed by atoms with van der Waals surface area (Å²) in [7, 11) is 1.08. The second-order valence-electron chi connectivity index (χ2n) is 5.56. The van der Waals surface area contributed by atoms with Gasteiger partial charge in [-0.05, 0) is 36.8 Å². The molecule has 166 valence electrons. The van der Waals surface area contributed by atoms with Crippen LogP contribution in [0.2, 0.25) is 0 Å². The molecule has 0 aliphatic carbocycles. The SMILES string of the molecule is CC.CCN(CCSCCCF)C(=O)/C(C#N)=C/c1cc(O)c(O)c([N+](=O)OC)c1. The van der Waals surface area contributed by atoms with Crippen LogP contribution in [0.5, 0.6) is 11.5 Å². The number of hydrogen-bond acceptors (Lipinski definition) is 7. The standard InChI is InChI=1S/C18H22FN3O5S.C2H6/c1-3-21(6-8-28-7-4-5-19)18(25)14(12-20)9-13-10-15(22(26)27-2)17(24)16(23)11-13;1-2/h9-11H,3-8H2,1-2H3,(H-,23,24,25,26);1-2H3/p+1. The van der Waals surface area contributed by atoms with Gasteiger partial charge < -0.3 is 15.1 Å². The maximum absolute atomic E-state index is 12.6. The number of hydrogen-bond donors (Lipinski definition) is 2. The van der Waals surface area contributed by atoms with Crippen molar-refractivity contribution in [1.82, 2.24) is 4.90 Å². The van der Waals surface area contributed by atoms with Crippen molar-refractivity contribution in [2.45, 2.75) is 27.2 Å². The van der Waals surface area contributed by atoms with E-state index in [2.05, 4.69) is 4.84 Å². The Morgan fingerprint density at radius 1 is 1.37 bits per heavy atom. The number of benzene rings is 1. The van der Waals surface area contributed by atoms with Gasteiger partial charge in [0.1, 0.15) is 11.6 Å². The fraction of sp³-hybridized carbons (Fsp3) is 0.500. The molecule has 0 atom stereocenters. The molecule has 30 heavy (non-hydrogen) atoms. The van der Waals surface area contributed by atoms with Gasteiger partial charge in [-0.3, -0.25) is 9.18 Å². The molecule has 10 heteroatoms. The summed E-state index contributed by atoms with van der Waals surface area (Å²) in [6, 6.07) is 4.12. The number of likely N-dealkylation sites (N-methyl/N-ethyl adjacent to an activating group) is 1. The summed E-state index contributed by atoms with van der Waals surface area (Å²) in [6.07, 6.45) is 1.67. The number of nitriles is 1. The third kappa shape index (κ3) is 8.29. The average molecular weight is 443 g/mol. The molecule has 1 aromatic carbocycles. The number of carbonyl (C=O) groups is 1. The average Bonchev–Trinajstić information content (AvgIpc) is 2.77. The lowest BCUT2D eigenvalue weighted by molar-refractivity contribution is -0.736. The number of alkyl halides is 1. The lowest BCUT2D eigenvalue weighted by atomic mass is 10.1. The lowest BCUT2D eigenvalue weighted by Crippen LogP contribution is -2.33. The second-order valence-corrected chi connectivity index (χ2v) is 6.78. The van der Waals surface area contributed by atoms with Gasteiger partial charge in [0.05, 0.1) is 11.6 Å². The van der Waals surface area contributed by atoms with Crippen LogP contribution in [0.4, 0.5) is 10.1 Å². The number of phenols is 2. The summed E-state index contributed by atoms with van der Waals surface area (Å²) >= 11 is 1.52. The summed E-state index contributed by atoms with van der Waals surface area (Å²) in [5, 5.41) is 28.9. The Balaban J connectivity index is 0.00000407. The number of nitrogens with zero attached hydrogens (tertiary/aromatic N) is 3. The van der Waals surface area contributed by atoms with Crippen LogP contribution in [-0.4, -0.2) is 64.3 Å². The van der Waals surface area contributed by atoms with E-state index in [9.17, 15) is 29.6 Å². The fourth-order valence-corrected chi connectivity index (χ4v) is 3.13. The highest BCUT2D eigenvalue weighted by Gasteiger charge is 2.25. The minimum absolute atomic E-state index is 0.00669. The molecule has 0 heterocycles. The van der Waals surface area contributed by atoms with Gasteiger partial charge in [0.25, 0.3) is 10.8 Å². The molecule has 0 spiro atoms. The Hall–Kier alpha value is -2.80. The van der Waals surface area contributed by atoms with Crippen LogP contribution >= 0.6 is 11.8 Å². The molecule has 1 rings (SSSR count). The normalized spacial score (nSPS) is 10.5. The first-order valence-corrected chi connectivity index (χ1v) is 10.7. The number of thioether (sulfide) groups is 1. The molecule has 8 nitrogen and oxygen atoms in total. The Bertz CT molecular complexity index is 780. The van der Waals surface area contributed by atoms with Crippen LogP contribution in [0.3, 0.4) is 0 Å². The first-order valence-electron chi connectivity index (χ1n) is 9.51.